The van der Waals surface area contributed by atoms with Gasteiger partial charge in [0.15, 0.2) is 0 Å². The first kappa shape index (κ1) is 27.9. The minimum Gasteiger partial charge on any atom is -0.421 e. The number of nitrogens with zero attached hydrogens (tertiary/aromatic N) is 3. The van der Waals surface area contributed by atoms with Crippen LogP contribution in [0.1, 0.15) is 55.4 Å². The van der Waals surface area contributed by atoms with Gasteiger partial charge in [-0.15, -0.1) is 0 Å². The van der Waals surface area contributed by atoms with Crippen LogP contribution in [0.3, 0.4) is 0 Å². The molecule has 2 unspecified atom stereocenters. The Kier molecular flexibility index (Phi) is 13.2. The van der Waals surface area contributed by atoms with Crippen LogP contribution in [-0.4, -0.2) is 14.5 Å². The summed E-state index contributed by atoms with van der Waals surface area (Å²) in [6.07, 6.45) is 12.1. The first-order valence-corrected chi connectivity index (χ1v) is 12.3. The third-order valence-electron chi connectivity index (χ3n) is 5.00. The largest absolute Gasteiger partial charge is 0.421 e. The van der Waals surface area contributed by atoms with Gasteiger partial charge in [0.1, 0.15) is 0 Å². The monoisotopic (exact) mass is 447 g/mol. The maximum Gasteiger partial charge on any atom is 0.222 e. The summed E-state index contributed by atoms with van der Waals surface area (Å²) in [6, 6.07) is 14.1. The number of rotatable bonds is 5. The van der Waals surface area contributed by atoms with Gasteiger partial charge in [0.05, 0.1) is 19.1 Å². The van der Waals surface area contributed by atoms with Gasteiger partial charge in [-0.3, -0.25) is 4.57 Å². The van der Waals surface area contributed by atoms with Gasteiger partial charge in [0.2, 0.25) is 11.8 Å². The number of hydrogen-bond acceptors (Lipinski definition) is 3. The maximum atomic E-state index is 5.97. The molecule has 1 aromatic carbocycles. The fourth-order valence-corrected chi connectivity index (χ4v) is 3.16. The topological polar surface area (TPSA) is 39.9 Å². The van der Waals surface area contributed by atoms with E-state index in [1.165, 1.54) is 5.57 Å². The molecule has 0 saturated heterocycles. The van der Waals surface area contributed by atoms with Gasteiger partial charge < -0.3 is 4.74 Å². The molecule has 4 rings (SSSR count). The van der Waals surface area contributed by atoms with Crippen molar-refractivity contribution in [3.8, 4) is 22.9 Å². The predicted molar refractivity (Wildman–Crippen MR) is 142 cm³/mol. The summed E-state index contributed by atoms with van der Waals surface area (Å²) in [7, 11) is 0. The third kappa shape index (κ3) is 8.38. The van der Waals surface area contributed by atoms with Crippen molar-refractivity contribution in [3.05, 3.63) is 85.0 Å². The number of imidazole rings is 1. The first-order valence-electron chi connectivity index (χ1n) is 12.3. The van der Waals surface area contributed by atoms with Gasteiger partial charge >= 0.3 is 0 Å². The van der Waals surface area contributed by atoms with Crippen LogP contribution in [0, 0.1) is 11.8 Å². The molecule has 0 amide bonds. The quantitative estimate of drug-likeness (QED) is 0.393. The lowest BCUT2D eigenvalue weighted by molar-refractivity contribution is 0.419. The zero-order chi connectivity index (χ0) is 24.6. The van der Waals surface area contributed by atoms with Crippen LogP contribution in [0.5, 0.6) is 11.8 Å². The number of ether oxygens (including phenoxy) is 1. The molecule has 0 bridgehead atoms. The molecule has 4 nitrogen and oxygen atoms in total. The fraction of sp³-hybridized carbons (Fsp3) is 0.379. The number of pyridine rings is 1. The minimum atomic E-state index is 0.546. The lowest BCUT2D eigenvalue weighted by atomic mass is 9.88. The van der Waals surface area contributed by atoms with Crippen LogP contribution in [0.4, 0.5) is 0 Å². The fourth-order valence-electron chi connectivity index (χ4n) is 3.16. The highest BCUT2D eigenvalue weighted by Gasteiger charge is 2.14. The third-order valence-corrected chi connectivity index (χ3v) is 5.00. The maximum absolute atomic E-state index is 5.97. The smallest absolute Gasteiger partial charge is 0.222 e. The van der Waals surface area contributed by atoms with E-state index in [4.69, 9.17) is 4.74 Å². The Bertz CT molecular complexity index is 956. The summed E-state index contributed by atoms with van der Waals surface area (Å²) in [5.41, 5.74) is 3.48. The molecular weight excluding hydrogens is 406 g/mol. The van der Waals surface area contributed by atoms with E-state index in [9.17, 15) is 0 Å². The highest BCUT2D eigenvalue weighted by molar-refractivity contribution is 5.62. The van der Waals surface area contributed by atoms with Crippen LogP contribution in [0.15, 0.2) is 85.0 Å². The SMILES string of the molecule is CC.CC.CC.CC1C=CC(Cn2cncc2Oc2ccc(-c3ccccc3)cn2)=CC1C. The summed E-state index contributed by atoms with van der Waals surface area (Å²) in [4.78, 5) is 8.69. The van der Waals surface area contributed by atoms with E-state index in [2.05, 4.69) is 54.2 Å². The molecule has 3 aromatic rings. The number of benzene rings is 1. The van der Waals surface area contributed by atoms with Gasteiger partial charge in [-0.2, -0.15) is 0 Å². The molecule has 2 heterocycles. The lowest BCUT2D eigenvalue weighted by Crippen LogP contribution is -2.10. The van der Waals surface area contributed by atoms with Crippen molar-refractivity contribution in [2.75, 3.05) is 0 Å². The molecule has 33 heavy (non-hydrogen) atoms. The van der Waals surface area contributed by atoms with Crippen molar-refractivity contribution in [1.82, 2.24) is 14.5 Å². The lowest BCUT2D eigenvalue weighted by Gasteiger charge is -2.19. The summed E-state index contributed by atoms with van der Waals surface area (Å²) >= 11 is 0. The van der Waals surface area contributed by atoms with E-state index in [0.717, 1.165) is 17.7 Å². The molecule has 2 aromatic heterocycles. The zero-order valence-corrected chi connectivity index (χ0v) is 21.6. The zero-order valence-electron chi connectivity index (χ0n) is 21.6. The van der Waals surface area contributed by atoms with E-state index < -0.39 is 0 Å². The molecule has 0 fully saturated rings. The van der Waals surface area contributed by atoms with Gasteiger partial charge in [0.25, 0.3) is 0 Å². The summed E-state index contributed by atoms with van der Waals surface area (Å²) in [5, 5.41) is 0. The van der Waals surface area contributed by atoms with Gasteiger partial charge in [-0.05, 0) is 29.0 Å². The van der Waals surface area contributed by atoms with Gasteiger partial charge in [-0.25, -0.2) is 9.97 Å². The minimum absolute atomic E-state index is 0.546. The molecule has 0 aliphatic heterocycles. The van der Waals surface area contributed by atoms with Crippen LogP contribution >= 0.6 is 0 Å². The van der Waals surface area contributed by atoms with Gasteiger partial charge in [0, 0.05) is 17.8 Å². The second-order valence-electron chi connectivity index (χ2n) is 7.03. The Labute approximate surface area is 201 Å². The Morgan fingerprint density at radius 2 is 1.52 bits per heavy atom. The summed E-state index contributed by atoms with van der Waals surface area (Å²) in [5.74, 6) is 2.38. The molecule has 0 spiro atoms. The second kappa shape index (κ2) is 15.6. The van der Waals surface area contributed by atoms with E-state index in [1.807, 2.05) is 82.6 Å². The molecule has 1 aliphatic carbocycles. The molecule has 1 aliphatic rings. The normalized spacial score (nSPS) is 16.1. The van der Waals surface area contributed by atoms with Crippen molar-refractivity contribution < 1.29 is 4.74 Å². The number of allylic oxidation sites excluding steroid dienone is 4. The Morgan fingerprint density at radius 3 is 2.12 bits per heavy atom. The van der Waals surface area contributed by atoms with Crippen LogP contribution in [-0.2, 0) is 6.54 Å². The highest BCUT2D eigenvalue weighted by Crippen LogP contribution is 2.26. The van der Waals surface area contributed by atoms with Crippen molar-refractivity contribution in [3.63, 3.8) is 0 Å². The molecule has 0 radical (unpaired) electrons. The van der Waals surface area contributed by atoms with E-state index in [1.54, 1.807) is 12.5 Å². The van der Waals surface area contributed by atoms with Crippen molar-refractivity contribution in [2.45, 2.75) is 61.9 Å². The Hall–Kier alpha value is -3.14. The highest BCUT2D eigenvalue weighted by atomic mass is 16.5. The van der Waals surface area contributed by atoms with E-state index in [0.29, 0.717) is 23.6 Å². The van der Waals surface area contributed by atoms with Crippen molar-refractivity contribution >= 4 is 0 Å². The average molecular weight is 448 g/mol. The number of hydrogen-bond donors (Lipinski definition) is 0. The second-order valence-corrected chi connectivity index (χ2v) is 7.03. The van der Waals surface area contributed by atoms with E-state index in [-0.39, 0.29) is 0 Å². The standard InChI is InChI=1S/C23H23N3O.3C2H6/c1-17-8-9-19(12-18(17)2)15-26-16-24-14-23(26)27-22-11-10-21(13-25-22)20-6-4-3-5-7-20;3*1-2/h3-14,16-18H,15H2,1-2H3;3*1-2H3. The van der Waals surface area contributed by atoms with Crippen LogP contribution < -0.4 is 4.74 Å². The molecule has 2 atom stereocenters. The van der Waals surface area contributed by atoms with Gasteiger partial charge in [-0.1, -0.05) is 104 Å². The van der Waals surface area contributed by atoms with Crippen molar-refractivity contribution in [2.24, 2.45) is 11.8 Å². The Morgan fingerprint density at radius 1 is 0.818 bits per heavy atom. The molecule has 0 N–H and O–H groups in total. The summed E-state index contributed by atoms with van der Waals surface area (Å²) < 4.78 is 7.97. The Balaban J connectivity index is 0.000000841. The number of aromatic nitrogens is 3. The molecular formula is C29H41N3O. The molecule has 4 heteroatoms. The van der Waals surface area contributed by atoms with Crippen LogP contribution in [0.25, 0.3) is 11.1 Å². The molecule has 0 saturated carbocycles. The predicted octanol–water partition coefficient (Wildman–Crippen LogP) is 8.58. The van der Waals surface area contributed by atoms with Crippen LogP contribution in [0.2, 0.25) is 0 Å². The molecule has 178 valence electrons. The van der Waals surface area contributed by atoms with Crippen molar-refractivity contribution in [1.29, 1.82) is 0 Å². The average Bonchev–Trinajstić information content (AvgIpc) is 3.32. The summed E-state index contributed by atoms with van der Waals surface area (Å²) in [6.45, 7) is 17.2. The van der Waals surface area contributed by atoms with E-state index >= 15 is 0 Å². The first-order chi connectivity index (χ1) is 16.2.